The van der Waals surface area contributed by atoms with E-state index in [1.54, 1.807) is 25.1 Å². The molecule has 1 aromatic carbocycles. The summed E-state index contributed by atoms with van der Waals surface area (Å²) < 4.78 is 5.50. The maximum absolute atomic E-state index is 11.8. The van der Waals surface area contributed by atoms with Crippen molar-refractivity contribution < 1.29 is 14.3 Å². The molecule has 2 atom stereocenters. The molecule has 19 heavy (non-hydrogen) atoms. The SMILES string of the molecule is CCC(C)NC(=O)C(C)Oc1cccc(Cl)c1C=O. The summed E-state index contributed by atoms with van der Waals surface area (Å²) in [4.78, 5) is 22.8. The Kier molecular flexibility index (Phi) is 5.83. The minimum atomic E-state index is -0.689. The molecule has 0 spiro atoms. The Morgan fingerprint density at radius 2 is 2.16 bits per heavy atom. The molecule has 0 radical (unpaired) electrons. The quantitative estimate of drug-likeness (QED) is 0.817. The smallest absolute Gasteiger partial charge is 0.260 e. The average molecular weight is 284 g/mol. The van der Waals surface area contributed by atoms with Gasteiger partial charge in [0.05, 0.1) is 10.6 Å². The zero-order valence-electron chi connectivity index (χ0n) is 11.3. The maximum Gasteiger partial charge on any atom is 0.260 e. The third-order valence-electron chi connectivity index (χ3n) is 2.80. The minimum Gasteiger partial charge on any atom is -0.480 e. The lowest BCUT2D eigenvalue weighted by Crippen LogP contribution is -2.41. The Balaban J connectivity index is 2.77. The summed E-state index contributed by atoms with van der Waals surface area (Å²) in [6.07, 6.45) is 0.776. The third-order valence-corrected chi connectivity index (χ3v) is 3.13. The number of hydrogen-bond donors (Lipinski definition) is 1. The van der Waals surface area contributed by atoms with E-state index in [0.29, 0.717) is 17.1 Å². The molecule has 1 aromatic rings. The van der Waals surface area contributed by atoms with Crippen LogP contribution in [0.5, 0.6) is 5.75 Å². The predicted molar refractivity (Wildman–Crippen MR) is 74.8 cm³/mol. The van der Waals surface area contributed by atoms with E-state index in [9.17, 15) is 9.59 Å². The van der Waals surface area contributed by atoms with Crippen LogP contribution in [0.15, 0.2) is 18.2 Å². The standard InChI is InChI=1S/C14H18ClNO3/c1-4-9(2)16-14(18)10(3)19-13-7-5-6-12(15)11(13)8-17/h5-10H,4H2,1-3H3,(H,16,18). The number of carbonyl (C=O) groups excluding carboxylic acids is 2. The molecule has 1 amide bonds. The lowest BCUT2D eigenvalue weighted by molar-refractivity contribution is -0.127. The van der Waals surface area contributed by atoms with Gasteiger partial charge in [-0.1, -0.05) is 24.6 Å². The van der Waals surface area contributed by atoms with Crippen molar-refractivity contribution in [2.75, 3.05) is 0 Å². The Bertz CT molecular complexity index is 462. The van der Waals surface area contributed by atoms with Gasteiger partial charge < -0.3 is 10.1 Å². The Labute approximate surface area is 118 Å². The van der Waals surface area contributed by atoms with Crippen molar-refractivity contribution in [3.63, 3.8) is 0 Å². The number of amides is 1. The van der Waals surface area contributed by atoms with Gasteiger partial charge in [-0.3, -0.25) is 9.59 Å². The fourth-order valence-electron chi connectivity index (χ4n) is 1.44. The van der Waals surface area contributed by atoms with Crippen molar-refractivity contribution in [2.45, 2.75) is 39.3 Å². The lowest BCUT2D eigenvalue weighted by atomic mass is 10.2. The van der Waals surface area contributed by atoms with E-state index in [1.165, 1.54) is 0 Å². The van der Waals surface area contributed by atoms with Gasteiger partial charge in [0.2, 0.25) is 0 Å². The van der Waals surface area contributed by atoms with Crippen molar-refractivity contribution in [3.8, 4) is 5.75 Å². The van der Waals surface area contributed by atoms with Crippen molar-refractivity contribution in [2.24, 2.45) is 0 Å². The topological polar surface area (TPSA) is 55.4 Å². The first-order valence-corrected chi connectivity index (χ1v) is 6.58. The molecule has 1 N–H and O–H groups in total. The number of halogens is 1. The van der Waals surface area contributed by atoms with Crippen LogP contribution in [-0.2, 0) is 4.79 Å². The summed E-state index contributed by atoms with van der Waals surface area (Å²) in [7, 11) is 0. The summed E-state index contributed by atoms with van der Waals surface area (Å²) in [5, 5.41) is 3.12. The number of benzene rings is 1. The van der Waals surface area contributed by atoms with E-state index >= 15 is 0 Å². The minimum absolute atomic E-state index is 0.0865. The summed E-state index contributed by atoms with van der Waals surface area (Å²) in [5.74, 6) is 0.0977. The predicted octanol–water partition coefficient (Wildman–Crippen LogP) is 2.83. The van der Waals surface area contributed by atoms with Crippen LogP contribution in [0.2, 0.25) is 5.02 Å². The monoisotopic (exact) mass is 283 g/mol. The van der Waals surface area contributed by atoms with Crippen LogP contribution in [0.4, 0.5) is 0 Å². The Hall–Kier alpha value is -1.55. The Morgan fingerprint density at radius 3 is 2.74 bits per heavy atom. The van der Waals surface area contributed by atoms with Gasteiger partial charge in [-0.2, -0.15) is 0 Å². The van der Waals surface area contributed by atoms with Crippen LogP contribution in [0.3, 0.4) is 0 Å². The zero-order valence-corrected chi connectivity index (χ0v) is 12.0. The summed E-state index contributed by atoms with van der Waals surface area (Å²) in [6, 6.07) is 4.97. The zero-order chi connectivity index (χ0) is 14.4. The maximum atomic E-state index is 11.8. The molecule has 4 nitrogen and oxygen atoms in total. The molecule has 0 aliphatic heterocycles. The first kappa shape index (κ1) is 15.5. The molecule has 5 heteroatoms. The summed E-state index contributed by atoms with van der Waals surface area (Å²) in [5.41, 5.74) is 0.257. The fraction of sp³-hybridized carbons (Fsp3) is 0.429. The van der Waals surface area contributed by atoms with E-state index in [4.69, 9.17) is 16.3 Å². The number of nitrogens with one attached hydrogen (secondary N) is 1. The van der Waals surface area contributed by atoms with Gasteiger partial charge in [0.1, 0.15) is 5.75 Å². The molecule has 104 valence electrons. The first-order chi connectivity index (χ1) is 8.99. The second kappa shape index (κ2) is 7.14. The average Bonchev–Trinajstić information content (AvgIpc) is 2.38. The van der Waals surface area contributed by atoms with Crippen LogP contribution in [0, 0.1) is 0 Å². The van der Waals surface area contributed by atoms with Crippen molar-refractivity contribution in [1.29, 1.82) is 0 Å². The number of ether oxygens (including phenoxy) is 1. The van der Waals surface area contributed by atoms with Crippen LogP contribution in [-0.4, -0.2) is 24.3 Å². The first-order valence-electron chi connectivity index (χ1n) is 6.20. The second-order valence-electron chi connectivity index (χ2n) is 4.35. The molecule has 0 saturated heterocycles. The van der Waals surface area contributed by atoms with Crippen molar-refractivity contribution in [3.05, 3.63) is 28.8 Å². The van der Waals surface area contributed by atoms with Crippen LogP contribution in [0.25, 0.3) is 0 Å². The number of aldehydes is 1. The van der Waals surface area contributed by atoms with Crippen LogP contribution >= 0.6 is 11.6 Å². The molecule has 0 bridgehead atoms. The van der Waals surface area contributed by atoms with E-state index in [0.717, 1.165) is 6.42 Å². The van der Waals surface area contributed by atoms with Gasteiger partial charge in [-0.25, -0.2) is 0 Å². The fourth-order valence-corrected chi connectivity index (χ4v) is 1.65. The largest absolute Gasteiger partial charge is 0.480 e. The van der Waals surface area contributed by atoms with Gasteiger partial charge in [0.15, 0.2) is 12.4 Å². The highest BCUT2D eigenvalue weighted by atomic mass is 35.5. The molecule has 0 aliphatic rings. The van der Waals surface area contributed by atoms with Crippen molar-refractivity contribution in [1.82, 2.24) is 5.32 Å². The highest BCUT2D eigenvalue weighted by Crippen LogP contribution is 2.25. The molecule has 0 aromatic heterocycles. The highest BCUT2D eigenvalue weighted by molar-refractivity contribution is 6.33. The second-order valence-corrected chi connectivity index (χ2v) is 4.75. The molecule has 1 rings (SSSR count). The Morgan fingerprint density at radius 1 is 1.47 bits per heavy atom. The summed E-state index contributed by atoms with van der Waals surface area (Å²) >= 11 is 5.89. The number of hydrogen-bond acceptors (Lipinski definition) is 3. The number of carbonyl (C=O) groups is 2. The van der Waals surface area contributed by atoms with Gasteiger partial charge >= 0.3 is 0 Å². The molecule has 0 saturated carbocycles. The molecule has 0 aliphatic carbocycles. The van der Waals surface area contributed by atoms with Crippen molar-refractivity contribution >= 4 is 23.8 Å². The molecular weight excluding hydrogens is 266 g/mol. The molecule has 0 fully saturated rings. The van der Waals surface area contributed by atoms with Gasteiger partial charge in [0, 0.05) is 6.04 Å². The molecule has 0 heterocycles. The van der Waals surface area contributed by atoms with Crippen LogP contribution in [0.1, 0.15) is 37.6 Å². The van der Waals surface area contributed by atoms with E-state index in [1.807, 2.05) is 13.8 Å². The molecular formula is C14H18ClNO3. The van der Waals surface area contributed by atoms with Gasteiger partial charge in [-0.05, 0) is 32.4 Å². The lowest BCUT2D eigenvalue weighted by Gasteiger charge is -2.18. The normalized spacial score (nSPS) is 13.5. The molecule has 2 unspecified atom stereocenters. The summed E-state index contributed by atoms with van der Waals surface area (Å²) in [6.45, 7) is 5.53. The number of rotatable bonds is 6. The van der Waals surface area contributed by atoms with Gasteiger partial charge in [0.25, 0.3) is 5.91 Å². The van der Waals surface area contributed by atoms with E-state index < -0.39 is 6.10 Å². The van der Waals surface area contributed by atoms with Gasteiger partial charge in [-0.15, -0.1) is 0 Å². The third kappa shape index (κ3) is 4.24. The van der Waals surface area contributed by atoms with E-state index in [2.05, 4.69) is 5.32 Å². The van der Waals surface area contributed by atoms with E-state index in [-0.39, 0.29) is 17.5 Å². The van der Waals surface area contributed by atoms with Crippen LogP contribution < -0.4 is 10.1 Å². The highest BCUT2D eigenvalue weighted by Gasteiger charge is 2.18.